The van der Waals surface area contributed by atoms with Crippen molar-refractivity contribution in [2.45, 2.75) is 134 Å². The Morgan fingerprint density at radius 2 is 1.89 bits per heavy atom. The van der Waals surface area contributed by atoms with Gasteiger partial charge in [-0.3, -0.25) is 14.9 Å². The summed E-state index contributed by atoms with van der Waals surface area (Å²) >= 11 is 11.3. The number of halogens is 1. The number of carbonyl (C=O) groups is 4. The maximum atomic E-state index is 14.2. The second-order valence-corrected chi connectivity index (χ2v) is 18.2. The summed E-state index contributed by atoms with van der Waals surface area (Å²) in [5.74, 6) is -1.53. The molecular weight excluding hydrogens is 738 g/mol. The molecule has 302 valence electrons. The summed E-state index contributed by atoms with van der Waals surface area (Å²) in [5.41, 5.74) is -2.06. The van der Waals surface area contributed by atoms with Gasteiger partial charge in [0, 0.05) is 44.7 Å². The van der Waals surface area contributed by atoms with E-state index < -0.39 is 65.7 Å². The van der Waals surface area contributed by atoms with Gasteiger partial charge in [0.1, 0.15) is 40.7 Å². The minimum atomic E-state index is -1.81. The zero-order chi connectivity index (χ0) is 40.6. The molecule has 2 fully saturated rings. The minimum absolute atomic E-state index is 0.0363. The Hall–Kier alpha value is -3.04. The third-order valence-corrected chi connectivity index (χ3v) is 11.6. The number of amides is 3. The topological polar surface area (TPSA) is 156 Å². The number of hydrogen-bond donors (Lipinski definition) is 3. The van der Waals surface area contributed by atoms with Crippen molar-refractivity contribution < 1.29 is 48.0 Å². The number of hydrogen-bond acceptors (Lipinski definition) is 11. The van der Waals surface area contributed by atoms with Crippen LogP contribution in [0.1, 0.15) is 86.1 Å². The van der Waals surface area contributed by atoms with Crippen LogP contribution in [0.4, 0.5) is 10.5 Å². The molecule has 3 amide bonds. The van der Waals surface area contributed by atoms with Gasteiger partial charge in [-0.2, -0.15) is 12.6 Å². The van der Waals surface area contributed by atoms with Gasteiger partial charge in [-0.25, -0.2) is 9.59 Å². The van der Waals surface area contributed by atoms with Gasteiger partial charge in [0.2, 0.25) is 11.8 Å². The van der Waals surface area contributed by atoms with Gasteiger partial charge >= 0.3 is 12.1 Å². The molecule has 3 heterocycles. The summed E-state index contributed by atoms with van der Waals surface area (Å²) in [6.07, 6.45) is 0.773. The number of alkyl carbamates (subject to hydrolysis) is 1. The van der Waals surface area contributed by atoms with Crippen LogP contribution in [0.3, 0.4) is 0 Å². The Labute approximate surface area is 329 Å². The number of ether oxygens (including phenoxy) is 5. The average molecular weight is 796 g/mol. The minimum Gasteiger partial charge on any atom is -0.495 e. The summed E-state index contributed by atoms with van der Waals surface area (Å²) in [6.45, 7) is 13.1. The Bertz CT molecular complexity index is 1620. The van der Waals surface area contributed by atoms with Gasteiger partial charge in [0.05, 0.1) is 25.3 Å². The van der Waals surface area contributed by atoms with Gasteiger partial charge in [-0.05, 0) is 56.2 Å². The summed E-state index contributed by atoms with van der Waals surface area (Å²) < 4.78 is 29.0. The first kappa shape index (κ1) is 43.7. The van der Waals surface area contributed by atoms with Crippen molar-refractivity contribution in [3.8, 4) is 5.75 Å². The van der Waals surface area contributed by atoms with Crippen molar-refractivity contribution in [1.29, 1.82) is 0 Å². The number of methoxy groups -OCH3 is 2. The van der Waals surface area contributed by atoms with E-state index in [-0.39, 0.29) is 40.4 Å². The molecule has 54 heavy (non-hydrogen) atoms. The van der Waals surface area contributed by atoms with E-state index in [1.54, 1.807) is 27.0 Å². The molecule has 3 aliphatic rings. The number of benzene rings is 1. The Kier molecular flexibility index (Phi) is 13.4. The van der Waals surface area contributed by atoms with Crippen LogP contribution in [0.15, 0.2) is 24.3 Å². The summed E-state index contributed by atoms with van der Waals surface area (Å²) in [4.78, 5) is 56.7. The highest BCUT2D eigenvalue weighted by Crippen LogP contribution is 2.49. The summed E-state index contributed by atoms with van der Waals surface area (Å²) in [6, 6.07) is 2.69. The van der Waals surface area contributed by atoms with Gasteiger partial charge in [-0.15, -0.1) is 0 Å². The smallest absolute Gasteiger partial charge is 0.409 e. The predicted molar refractivity (Wildman–Crippen MR) is 208 cm³/mol. The van der Waals surface area contributed by atoms with E-state index >= 15 is 0 Å². The van der Waals surface area contributed by atoms with Crippen LogP contribution in [-0.4, -0.2) is 109 Å². The highest BCUT2D eigenvalue weighted by atomic mass is 35.5. The molecule has 4 rings (SSSR count). The molecule has 3 aliphatic heterocycles. The first-order valence-corrected chi connectivity index (χ1v) is 19.2. The lowest BCUT2D eigenvalue weighted by Gasteiger charge is -2.42. The molecule has 8 unspecified atom stereocenters. The van der Waals surface area contributed by atoms with Crippen molar-refractivity contribution in [1.82, 2.24) is 10.2 Å². The maximum Gasteiger partial charge on any atom is 0.409 e. The van der Waals surface area contributed by atoms with E-state index in [9.17, 15) is 24.3 Å². The number of fused-ring (bicyclic) bond motifs is 5. The molecule has 8 atom stereocenters. The first-order valence-electron chi connectivity index (χ1n) is 18.3. The molecule has 0 aliphatic carbocycles. The molecule has 0 radical (unpaired) electrons. The number of nitrogens with one attached hydrogen (secondary N) is 1. The fourth-order valence-corrected chi connectivity index (χ4v) is 7.67. The van der Waals surface area contributed by atoms with Gasteiger partial charge < -0.3 is 38.6 Å². The van der Waals surface area contributed by atoms with Crippen LogP contribution in [0, 0.1) is 11.3 Å². The molecule has 1 aromatic carbocycles. The molecule has 4 bridgehead atoms. The van der Waals surface area contributed by atoms with E-state index in [4.69, 9.17) is 35.3 Å². The standard InChI is InChI=1S/C39H58ClN3O10S/c1-22-27-21-39(48,41-35(47)51-27)28(50-11)13-12-15-36(3,4)20-24-17-25(32(40)26(18-24)49-10)43(9)31(45)19-29(38(7)33(22)53-38)52-34(46)23(2)42(8)30(44)14-16-37(5,6)54/h12-13,17-18,22-23,27-29,33,48,54H,14-16,19-21H2,1-11H3,(H,41,47)/b13-12+. The van der Waals surface area contributed by atoms with E-state index in [0.717, 1.165) is 5.56 Å². The molecular formula is C39H58ClN3O10S. The molecule has 0 spiro atoms. The van der Waals surface area contributed by atoms with Crippen LogP contribution < -0.4 is 15.0 Å². The Balaban J connectivity index is 1.75. The van der Waals surface area contributed by atoms with Crippen LogP contribution in [0.25, 0.3) is 0 Å². The normalized spacial score (nSPS) is 31.3. The lowest BCUT2D eigenvalue weighted by molar-refractivity contribution is -0.162. The zero-order valence-corrected chi connectivity index (χ0v) is 35.0. The number of epoxide rings is 1. The van der Waals surface area contributed by atoms with E-state index in [1.165, 1.54) is 31.1 Å². The number of esters is 1. The molecule has 2 saturated heterocycles. The predicted octanol–water partition coefficient (Wildman–Crippen LogP) is 5.47. The van der Waals surface area contributed by atoms with Crippen LogP contribution in [0.2, 0.25) is 5.02 Å². The number of carbonyl (C=O) groups excluding carboxylic acids is 4. The number of nitrogens with zero attached hydrogens (tertiary/aromatic N) is 2. The monoisotopic (exact) mass is 795 g/mol. The second-order valence-electron chi connectivity index (χ2n) is 16.6. The molecule has 0 saturated carbocycles. The lowest BCUT2D eigenvalue weighted by Crippen LogP contribution is -2.63. The number of rotatable bonds is 8. The van der Waals surface area contributed by atoms with Gasteiger partial charge in [0.15, 0.2) is 5.72 Å². The van der Waals surface area contributed by atoms with Crippen LogP contribution >= 0.6 is 24.2 Å². The van der Waals surface area contributed by atoms with Crippen LogP contribution in [-0.2, 0) is 39.8 Å². The van der Waals surface area contributed by atoms with Crippen molar-refractivity contribution >= 4 is 53.8 Å². The van der Waals surface area contributed by atoms with E-state index in [0.29, 0.717) is 30.7 Å². The first-order chi connectivity index (χ1) is 24.9. The van der Waals surface area contributed by atoms with E-state index in [2.05, 4.69) is 31.8 Å². The highest BCUT2D eigenvalue weighted by Gasteiger charge is 2.64. The number of thiol groups is 1. The van der Waals surface area contributed by atoms with Crippen molar-refractivity contribution in [3.63, 3.8) is 0 Å². The molecule has 13 nitrogen and oxygen atoms in total. The van der Waals surface area contributed by atoms with Gasteiger partial charge in [-0.1, -0.05) is 58.4 Å². The van der Waals surface area contributed by atoms with Crippen molar-refractivity contribution in [3.05, 3.63) is 34.9 Å². The van der Waals surface area contributed by atoms with Crippen molar-refractivity contribution in [2.24, 2.45) is 11.3 Å². The van der Waals surface area contributed by atoms with Crippen molar-refractivity contribution in [2.75, 3.05) is 33.2 Å². The van der Waals surface area contributed by atoms with E-state index in [1.807, 2.05) is 39.0 Å². The number of allylic oxidation sites excluding steroid dienone is 1. The molecule has 2 N–H and O–H groups in total. The summed E-state index contributed by atoms with van der Waals surface area (Å²) in [5, 5.41) is 14.6. The van der Waals surface area contributed by atoms with Crippen LogP contribution in [0.5, 0.6) is 5.75 Å². The largest absolute Gasteiger partial charge is 0.495 e. The highest BCUT2D eigenvalue weighted by molar-refractivity contribution is 7.81. The third-order valence-electron chi connectivity index (χ3n) is 11.0. The zero-order valence-electron chi connectivity index (χ0n) is 33.4. The molecule has 1 aromatic rings. The quantitative estimate of drug-likeness (QED) is 0.134. The van der Waals surface area contributed by atoms with Gasteiger partial charge in [0.25, 0.3) is 0 Å². The fourth-order valence-electron chi connectivity index (χ4n) is 7.24. The Morgan fingerprint density at radius 1 is 1.22 bits per heavy atom. The lowest BCUT2D eigenvalue weighted by atomic mass is 9.81. The summed E-state index contributed by atoms with van der Waals surface area (Å²) in [7, 11) is 6.08. The Morgan fingerprint density at radius 3 is 2.50 bits per heavy atom. The SMILES string of the molecule is COc1cc2cc(c1Cl)N(C)C(=O)CC(OC(=O)C(C)N(C)C(=O)CCC(C)(C)S)C1(C)OC1C(C)C1CC(O)(NC(=O)O1)C(OC)/C=C/CC(C)(C)C2. The number of likely N-dealkylation sites (N-methyl/N-ethyl adjacent to an activating group) is 1. The number of anilines is 1. The third kappa shape index (κ3) is 10.0. The fraction of sp³-hybridized carbons (Fsp3) is 0.692. The maximum absolute atomic E-state index is 14.2. The average Bonchev–Trinajstić information content (AvgIpc) is 3.78. The molecule has 0 aromatic heterocycles. The number of aliphatic hydroxyl groups is 1. The molecule has 15 heteroatoms. The second kappa shape index (κ2) is 16.6.